The molecule has 1 atom stereocenters. The van der Waals surface area contributed by atoms with Gasteiger partial charge in [-0.3, -0.25) is 9.89 Å². The highest BCUT2D eigenvalue weighted by atomic mass is 35.5. The monoisotopic (exact) mass is 456 g/mol. The molecule has 1 amide bonds. The number of carbonyl (C=O) groups excluding carboxylic acids is 1. The van der Waals surface area contributed by atoms with Gasteiger partial charge in [0, 0.05) is 5.69 Å². The van der Waals surface area contributed by atoms with Crippen LogP contribution in [0.3, 0.4) is 0 Å². The van der Waals surface area contributed by atoms with E-state index in [1.54, 1.807) is 36.6 Å². The van der Waals surface area contributed by atoms with E-state index in [4.69, 9.17) is 16.3 Å². The third-order valence-electron chi connectivity index (χ3n) is 4.20. The van der Waals surface area contributed by atoms with E-state index >= 15 is 0 Å². The molecule has 2 aromatic heterocycles. The van der Waals surface area contributed by atoms with Gasteiger partial charge in [-0.1, -0.05) is 59.8 Å². The van der Waals surface area contributed by atoms with Crippen LogP contribution in [0.25, 0.3) is 10.7 Å². The molecule has 2 aromatic carbocycles. The number of nitrogens with one attached hydrogen (secondary N) is 2. The summed E-state index contributed by atoms with van der Waals surface area (Å²) in [5, 5.41) is 12.5. The summed E-state index contributed by atoms with van der Waals surface area (Å²) in [4.78, 5) is 18.7. The first kappa shape index (κ1) is 20.5. The minimum atomic E-state index is -0.543. The van der Waals surface area contributed by atoms with Crippen molar-refractivity contribution in [1.82, 2.24) is 15.2 Å². The predicted molar refractivity (Wildman–Crippen MR) is 121 cm³/mol. The Kier molecular flexibility index (Phi) is 6.37. The number of rotatable bonds is 7. The van der Waals surface area contributed by atoms with Gasteiger partial charge in [0.25, 0.3) is 0 Å². The first-order valence-electron chi connectivity index (χ1n) is 8.96. The van der Waals surface area contributed by atoms with Crippen molar-refractivity contribution in [2.24, 2.45) is 0 Å². The molecule has 0 saturated heterocycles. The van der Waals surface area contributed by atoms with E-state index < -0.39 is 5.25 Å². The zero-order valence-corrected chi connectivity index (χ0v) is 18.2. The lowest BCUT2D eigenvalue weighted by Crippen LogP contribution is -2.19. The summed E-state index contributed by atoms with van der Waals surface area (Å²) in [6.07, 6.45) is 0. The lowest BCUT2D eigenvalue weighted by atomic mass is 10.1. The Morgan fingerprint density at radius 3 is 2.73 bits per heavy atom. The number of H-pyrrole nitrogens is 1. The molecule has 0 spiro atoms. The van der Waals surface area contributed by atoms with Crippen molar-refractivity contribution in [1.29, 1.82) is 0 Å². The van der Waals surface area contributed by atoms with Crippen LogP contribution in [0.15, 0.2) is 71.2 Å². The van der Waals surface area contributed by atoms with Crippen molar-refractivity contribution in [3.63, 3.8) is 0 Å². The fraction of sp³-hybridized carbons (Fsp3) is 0.0952. The van der Waals surface area contributed by atoms with Gasteiger partial charge in [-0.25, -0.2) is 4.98 Å². The van der Waals surface area contributed by atoms with E-state index in [1.165, 1.54) is 11.8 Å². The molecular weight excluding hydrogens is 440 g/mol. The number of hydrogen-bond acceptors (Lipinski definition) is 6. The summed E-state index contributed by atoms with van der Waals surface area (Å²) in [7, 11) is 1.54. The molecule has 9 heteroatoms. The molecule has 0 fully saturated rings. The highest BCUT2D eigenvalue weighted by Gasteiger charge is 2.24. The standard InChI is InChI=1S/C21H17ClN4O2S2/c1-28-16-10-9-14(12-15(16)22)23-20(27)18(13-6-3-2-4-7-13)30-21-24-19(25-26-21)17-8-5-11-29-17/h2-12,18H,1H3,(H,23,27)(H,24,25,26)/t18-/m0/s1. The molecule has 0 aliphatic carbocycles. The summed E-state index contributed by atoms with van der Waals surface area (Å²) in [5.74, 6) is 1.03. The first-order valence-corrected chi connectivity index (χ1v) is 11.1. The number of aromatic amines is 1. The molecular formula is C21H17ClN4O2S2. The van der Waals surface area contributed by atoms with Crippen LogP contribution in [0.4, 0.5) is 5.69 Å². The minimum Gasteiger partial charge on any atom is -0.495 e. The van der Waals surface area contributed by atoms with Crippen LogP contribution < -0.4 is 10.1 Å². The molecule has 4 rings (SSSR count). The van der Waals surface area contributed by atoms with E-state index in [0.29, 0.717) is 27.4 Å². The Balaban J connectivity index is 1.57. The average molecular weight is 457 g/mol. The number of carbonyl (C=O) groups is 1. The second-order valence-electron chi connectivity index (χ2n) is 6.19. The molecule has 30 heavy (non-hydrogen) atoms. The number of thioether (sulfide) groups is 1. The van der Waals surface area contributed by atoms with Crippen LogP contribution in [0, 0.1) is 0 Å². The van der Waals surface area contributed by atoms with Gasteiger partial charge < -0.3 is 10.1 Å². The SMILES string of the molecule is COc1ccc(NC(=O)[C@@H](Sc2n[nH]c(-c3cccs3)n2)c2ccccc2)cc1Cl. The summed E-state index contributed by atoms with van der Waals surface area (Å²) in [6.45, 7) is 0. The van der Waals surface area contributed by atoms with Crippen LogP contribution >= 0.6 is 34.7 Å². The molecule has 0 unspecified atom stereocenters. The molecule has 0 aliphatic rings. The number of halogens is 1. The van der Waals surface area contributed by atoms with Crippen LogP contribution in [0.5, 0.6) is 5.75 Å². The van der Waals surface area contributed by atoms with Gasteiger partial charge in [0.2, 0.25) is 11.1 Å². The maximum Gasteiger partial charge on any atom is 0.242 e. The van der Waals surface area contributed by atoms with Crippen LogP contribution in [0.1, 0.15) is 10.8 Å². The molecule has 0 saturated carbocycles. The van der Waals surface area contributed by atoms with E-state index in [1.807, 2.05) is 47.8 Å². The van der Waals surface area contributed by atoms with Gasteiger partial charge >= 0.3 is 0 Å². The number of ether oxygens (including phenoxy) is 1. The molecule has 2 N–H and O–H groups in total. The first-order chi connectivity index (χ1) is 14.6. The minimum absolute atomic E-state index is 0.199. The number of methoxy groups -OCH3 is 1. The van der Waals surface area contributed by atoms with Crippen molar-refractivity contribution in [2.45, 2.75) is 10.4 Å². The molecule has 4 aromatic rings. The largest absolute Gasteiger partial charge is 0.495 e. The second-order valence-corrected chi connectivity index (χ2v) is 8.62. The third-order valence-corrected chi connectivity index (χ3v) is 6.49. The van der Waals surface area contributed by atoms with E-state index in [0.717, 1.165) is 10.4 Å². The second kappa shape index (κ2) is 9.34. The topological polar surface area (TPSA) is 79.9 Å². The predicted octanol–water partition coefficient (Wildman–Crippen LogP) is 5.67. The fourth-order valence-corrected chi connectivity index (χ4v) is 4.61. The van der Waals surface area contributed by atoms with Crippen molar-refractivity contribution in [3.8, 4) is 16.5 Å². The Labute approximate surface area is 186 Å². The normalized spacial score (nSPS) is 11.8. The maximum atomic E-state index is 13.1. The fourth-order valence-electron chi connectivity index (χ4n) is 2.78. The zero-order chi connectivity index (χ0) is 20.9. The highest BCUT2D eigenvalue weighted by Crippen LogP contribution is 2.36. The molecule has 0 aliphatic heterocycles. The average Bonchev–Trinajstić information content (AvgIpc) is 3.44. The summed E-state index contributed by atoms with van der Waals surface area (Å²) >= 11 is 9.04. The third kappa shape index (κ3) is 4.67. The van der Waals surface area contributed by atoms with Crippen molar-refractivity contribution < 1.29 is 9.53 Å². The van der Waals surface area contributed by atoms with Crippen molar-refractivity contribution in [3.05, 3.63) is 76.6 Å². The number of anilines is 1. The number of amides is 1. The molecule has 0 bridgehead atoms. The molecule has 6 nitrogen and oxygen atoms in total. The van der Waals surface area contributed by atoms with E-state index in [-0.39, 0.29) is 5.91 Å². The van der Waals surface area contributed by atoms with Gasteiger partial charge in [0.1, 0.15) is 11.0 Å². The van der Waals surface area contributed by atoms with Gasteiger partial charge in [0.15, 0.2) is 5.82 Å². The van der Waals surface area contributed by atoms with Crippen LogP contribution in [-0.2, 0) is 4.79 Å². The van der Waals surface area contributed by atoms with Crippen molar-refractivity contribution >= 4 is 46.3 Å². The Morgan fingerprint density at radius 1 is 1.20 bits per heavy atom. The summed E-state index contributed by atoms with van der Waals surface area (Å²) in [6, 6.07) is 18.6. The zero-order valence-electron chi connectivity index (χ0n) is 15.8. The number of aromatic nitrogens is 3. The number of benzene rings is 2. The van der Waals surface area contributed by atoms with Crippen LogP contribution in [0.2, 0.25) is 5.02 Å². The molecule has 152 valence electrons. The van der Waals surface area contributed by atoms with E-state index in [9.17, 15) is 4.79 Å². The maximum absolute atomic E-state index is 13.1. The quantitative estimate of drug-likeness (QED) is 0.350. The Bertz CT molecular complexity index is 1130. The molecule has 0 radical (unpaired) electrons. The summed E-state index contributed by atoms with van der Waals surface area (Å²) in [5.41, 5.74) is 1.43. The van der Waals surface area contributed by atoms with Gasteiger partial charge in [0.05, 0.1) is 17.0 Å². The number of thiophene rings is 1. The Morgan fingerprint density at radius 2 is 2.03 bits per heavy atom. The number of nitrogens with zero attached hydrogens (tertiary/aromatic N) is 2. The lowest BCUT2D eigenvalue weighted by Gasteiger charge is -2.16. The van der Waals surface area contributed by atoms with Gasteiger partial charge in [-0.15, -0.1) is 16.4 Å². The van der Waals surface area contributed by atoms with E-state index in [2.05, 4.69) is 20.5 Å². The summed E-state index contributed by atoms with van der Waals surface area (Å²) < 4.78 is 5.17. The highest BCUT2D eigenvalue weighted by molar-refractivity contribution is 8.00. The Hall–Kier alpha value is -2.81. The van der Waals surface area contributed by atoms with Gasteiger partial charge in [-0.05, 0) is 35.2 Å². The van der Waals surface area contributed by atoms with Gasteiger partial charge in [-0.2, -0.15) is 0 Å². The smallest absolute Gasteiger partial charge is 0.242 e. The van der Waals surface area contributed by atoms with Crippen molar-refractivity contribution in [2.75, 3.05) is 12.4 Å². The number of hydrogen-bond donors (Lipinski definition) is 2. The lowest BCUT2D eigenvalue weighted by molar-refractivity contribution is -0.115. The van der Waals surface area contributed by atoms with Crippen LogP contribution in [-0.4, -0.2) is 28.2 Å². The molecule has 2 heterocycles.